The lowest BCUT2D eigenvalue weighted by Crippen LogP contribution is -2.23. The summed E-state index contributed by atoms with van der Waals surface area (Å²) in [7, 11) is 1.63. The average Bonchev–Trinajstić information content (AvgIpc) is 3.08. The van der Waals surface area contributed by atoms with Crippen molar-refractivity contribution in [1.29, 1.82) is 0 Å². The second-order valence-electron chi connectivity index (χ2n) is 7.96. The minimum Gasteiger partial charge on any atom is -0.486 e. The van der Waals surface area contributed by atoms with E-state index < -0.39 is 5.97 Å². The van der Waals surface area contributed by atoms with Crippen molar-refractivity contribution in [3.05, 3.63) is 94.7 Å². The second kappa shape index (κ2) is 11.6. The number of hydrogen-bond donors (Lipinski definition) is 1. The number of aliphatic imine (C=N–C) groups is 1. The maximum atomic E-state index is 12.9. The van der Waals surface area contributed by atoms with Crippen molar-refractivity contribution in [2.45, 2.75) is 13.5 Å². The van der Waals surface area contributed by atoms with Gasteiger partial charge in [-0.15, -0.1) is 0 Å². The van der Waals surface area contributed by atoms with E-state index in [0.717, 1.165) is 11.1 Å². The van der Waals surface area contributed by atoms with Gasteiger partial charge in [-0.05, 0) is 104 Å². The fourth-order valence-corrected chi connectivity index (χ4v) is 6.37. The van der Waals surface area contributed by atoms with E-state index in [0.29, 0.717) is 46.1 Å². The third kappa shape index (κ3) is 6.23. The predicted octanol–water partition coefficient (Wildman–Crippen LogP) is 8.34. The van der Waals surface area contributed by atoms with E-state index >= 15 is 0 Å². The molecule has 1 amide bonds. The number of amides is 1. The summed E-state index contributed by atoms with van der Waals surface area (Å²) >= 11 is 20.5. The summed E-state index contributed by atoms with van der Waals surface area (Å²) < 4.78 is 7.36. The number of carboxylic acids is 1. The Morgan fingerprint density at radius 2 is 1.86 bits per heavy atom. The number of thioether (sulfide) groups is 1. The molecule has 0 saturated carbocycles. The maximum absolute atomic E-state index is 12.9. The first-order valence-corrected chi connectivity index (χ1v) is 13.9. The van der Waals surface area contributed by atoms with Crippen LogP contribution < -0.4 is 4.74 Å². The van der Waals surface area contributed by atoms with E-state index in [4.69, 9.17) is 27.9 Å². The van der Waals surface area contributed by atoms with Crippen LogP contribution in [0.25, 0.3) is 6.08 Å². The molecule has 4 rings (SSSR count). The summed E-state index contributed by atoms with van der Waals surface area (Å²) in [6.45, 7) is 1.94. The average molecular weight is 685 g/mol. The quantitative estimate of drug-likeness (QED) is 0.264. The normalized spacial score (nSPS) is 15.6. The predicted molar refractivity (Wildman–Crippen MR) is 156 cm³/mol. The molecule has 1 aliphatic rings. The van der Waals surface area contributed by atoms with Gasteiger partial charge in [-0.2, -0.15) is 0 Å². The topological polar surface area (TPSA) is 79.2 Å². The molecule has 0 aliphatic carbocycles. The molecule has 1 saturated heterocycles. The van der Waals surface area contributed by atoms with Gasteiger partial charge in [0.05, 0.1) is 25.1 Å². The highest BCUT2D eigenvalue weighted by molar-refractivity contribution is 9.11. The molecule has 1 N–H and O–H groups in total. The molecule has 1 aliphatic heterocycles. The van der Waals surface area contributed by atoms with Gasteiger partial charge in [0.1, 0.15) is 12.4 Å². The van der Waals surface area contributed by atoms with Crippen molar-refractivity contribution in [1.82, 2.24) is 4.90 Å². The monoisotopic (exact) mass is 682 g/mol. The fraction of sp³-hybridized carbons (Fsp3) is 0.115. The van der Waals surface area contributed by atoms with Crippen LogP contribution in [0, 0.1) is 6.92 Å². The Balaban J connectivity index is 1.56. The molecule has 11 heteroatoms. The third-order valence-corrected chi connectivity index (χ3v) is 8.29. The lowest BCUT2D eigenvalue weighted by atomic mass is 10.1. The molecule has 6 nitrogen and oxygen atoms in total. The van der Waals surface area contributed by atoms with E-state index in [9.17, 15) is 14.7 Å². The Labute approximate surface area is 244 Å². The van der Waals surface area contributed by atoms with Crippen LogP contribution in [0.15, 0.2) is 67.4 Å². The molecular formula is C26H18Br2Cl2N2O4S. The summed E-state index contributed by atoms with van der Waals surface area (Å²) in [5.41, 5.74) is 2.76. The third-order valence-electron chi connectivity index (χ3n) is 5.46. The minimum absolute atomic E-state index is 0.171. The number of ether oxygens (including phenoxy) is 1. The molecule has 190 valence electrons. The van der Waals surface area contributed by atoms with Crippen LogP contribution >= 0.6 is 66.8 Å². The lowest BCUT2D eigenvalue weighted by Gasteiger charge is -2.12. The zero-order chi connectivity index (χ0) is 26.9. The van der Waals surface area contributed by atoms with Crippen LogP contribution in [0.3, 0.4) is 0 Å². The molecule has 0 unspecified atom stereocenters. The Kier molecular flexibility index (Phi) is 8.70. The Bertz CT molecular complexity index is 1470. The van der Waals surface area contributed by atoms with E-state index in [1.165, 1.54) is 22.7 Å². The molecule has 3 aromatic rings. The first kappa shape index (κ1) is 27.7. The van der Waals surface area contributed by atoms with Crippen LogP contribution in [-0.2, 0) is 11.4 Å². The molecule has 0 spiro atoms. The number of benzene rings is 3. The highest BCUT2D eigenvalue weighted by atomic mass is 79.9. The summed E-state index contributed by atoms with van der Waals surface area (Å²) in [5.74, 6) is -0.643. The van der Waals surface area contributed by atoms with Crippen molar-refractivity contribution in [3.63, 3.8) is 0 Å². The summed E-state index contributed by atoms with van der Waals surface area (Å²) in [4.78, 5) is 30.8. The van der Waals surface area contributed by atoms with E-state index in [1.54, 1.807) is 44.3 Å². The zero-order valence-electron chi connectivity index (χ0n) is 19.4. The number of carboxylic acid groups (broad SMARTS) is 1. The van der Waals surface area contributed by atoms with Gasteiger partial charge in [0.15, 0.2) is 5.17 Å². The number of carbonyl (C=O) groups excluding carboxylic acids is 1. The first-order chi connectivity index (χ1) is 17.5. The van der Waals surface area contributed by atoms with Crippen LogP contribution in [0.4, 0.5) is 5.69 Å². The van der Waals surface area contributed by atoms with Crippen molar-refractivity contribution < 1.29 is 19.4 Å². The first-order valence-electron chi connectivity index (χ1n) is 10.7. The van der Waals surface area contributed by atoms with Gasteiger partial charge >= 0.3 is 5.97 Å². The number of nitrogens with zero attached hydrogens (tertiary/aromatic N) is 2. The highest BCUT2D eigenvalue weighted by Gasteiger charge is 2.30. The van der Waals surface area contributed by atoms with Gasteiger partial charge in [-0.1, -0.05) is 35.3 Å². The largest absolute Gasteiger partial charge is 0.486 e. The molecule has 0 radical (unpaired) electrons. The zero-order valence-corrected chi connectivity index (χ0v) is 24.9. The number of likely N-dealkylation sites (N-methyl/N-ethyl adjacent to an activating group) is 1. The molecule has 0 atom stereocenters. The van der Waals surface area contributed by atoms with Crippen molar-refractivity contribution in [2.24, 2.45) is 4.99 Å². The number of carbonyl (C=O) groups is 2. The number of halogens is 4. The number of amidine groups is 1. The van der Waals surface area contributed by atoms with Crippen molar-refractivity contribution in [2.75, 3.05) is 7.05 Å². The second-order valence-corrected chi connectivity index (χ2v) is 11.5. The van der Waals surface area contributed by atoms with Crippen LogP contribution in [0.5, 0.6) is 5.75 Å². The highest BCUT2D eigenvalue weighted by Crippen LogP contribution is 2.39. The van der Waals surface area contributed by atoms with E-state index in [-0.39, 0.29) is 18.1 Å². The molecular weight excluding hydrogens is 667 g/mol. The number of aromatic carboxylic acids is 1. The van der Waals surface area contributed by atoms with Crippen LogP contribution in [-0.4, -0.2) is 34.1 Å². The van der Waals surface area contributed by atoms with Crippen molar-refractivity contribution in [3.8, 4) is 5.75 Å². The minimum atomic E-state index is -1.02. The molecule has 1 fully saturated rings. The van der Waals surface area contributed by atoms with Gasteiger partial charge in [0.2, 0.25) is 0 Å². The van der Waals surface area contributed by atoms with E-state index in [2.05, 4.69) is 36.9 Å². The molecule has 3 aromatic carbocycles. The number of rotatable bonds is 6. The smallest absolute Gasteiger partial charge is 0.336 e. The standard InChI is InChI=1S/C26H18Br2Cl2N2O4S/c1-13-17(25(34)35)4-3-5-21(13)31-26-32(2)24(33)22(37-26)10-14-8-18(27)23(19(28)9-14)36-12-15-6-7-16(29)11-20(15)30/h3-11H,12H2,1-2H3,(H,34,35)/b22-10-,31-26?. The van der Waals surface area contributed by atoms with Gasteiger partial charge in [0.25, 0.3) is 5.91 Å². The van der Waals surface area contributed by atoms with Gasteiger partial charge in [-0.3, -0.25) is 9.69 Å². The Morgan fingerprint density at radius 1 is 1.16 bits per heavy atom. The molecule has 0 bridgehead atoms. The summed E-state index contributed by atoms with van der Waals surface area (Å²) in [6.07, 6.45) is 1.77. The fourth-order valence-electron chi connectivity index (χ4n) is 3.47. The lowest BCUT2D eigenvalue weighted by molar-refractivity contribution is -0.121. The Morgan fingerprint density at radius 3 is 2.51 bits per heavy atom. The van der Waals surface area contributed by atoms with Gasteiger partial charge in [0, 0.05) is 22.7 Å². The molecule has 37 heavy (non-hydrogen) atoms. The van der Waals surface area contributed by atoms with E-state index in [1.807, 2.05) is 18.2 Å². The van der Waals surface area contributed by atoms with Crippen LogP contribution in [0.2, 0.25) is 10.0 Å². The number of hydrogen-bond acceptors (Lipinski definition) is 5. The SMILES string of the molecule is Cc1c(N=C2S/C(=C\c3cc(Br)c(OCc4ccc(Cl)cc4Cl)c(Br)c3)C(=O)N2C)cccc1C(=O)O. The summed E-state index contributed by atoms with van der Waals surface area (Å²) in [5, 5.41) is 10.9. The van der Waals surface area contributed by atoms with Gasteiger partial charge in [-0.25, -0.2) is 9.79 Å². The van der Waals surface area contributed by atoms with Crippen molar-refractivity contribution >= 4 is 95.6 Å². The Hall–Kier alpha value is -2.30. The maximum Gasteiger partial charge on any atom is 0.336 e. The summed E-state index contributed by atoms with van der Waals surface area (Å²) in [6, 6.07) is 13.8. The molecule has 1 heterocycles. The van der Waals surface area contributed by atoms with Gasteiger partial charge < -0.3 is 9.84 Å². The molecule has 0 aromatic heterocycles. The van der Waals surface area contributed by atoms with Crippen LogP contribution in [0.1, 0.15) is 27.0 Å².